The lowest BCUT2D eigenvalue weighted by atomic mass is 10.0. The number of carboxylic acid groups (broad SMARTS) is 2. The molecule has 0 radical (unpaired) electrons. The summed E-state index contributed by atoms with van der Waals surface area (Å²) in [4.78, 5) is 128. The van der Waals surface area contributed by atoms with Crippen LogP contribution in [0.4, 0.5) is 0 Å². The largest absolute Gasteiger partial charge is 0.508 e. The molecule has 16 N–H and O–H groups in total. The van der Waals surface area contributed by atoms with Crippen molar-refractivity contribution >= 4 is 59.2 Å². The van der Waals surface area contributed by atoms with E-state index in [1.54, 1.807) is 42.5 Å². The van der Waals surface area contributed by atoms with Crippen LogP contribution in [0.1, 0.15) is 64.5 Å². The zero-order chi connectivity index (χ0) is 50.5. The number of nitrogens with two attached hydrogens (primary N) is 2. The van der Waals surface area contributed by atoms with Gasteiger partial charge in [0.15, 0.2) is 6.04 Å². The number of carboxylic acids is 2. The highest BCUT2D eigenvalue weighted by molar-refractivity contribution is 5.98. The molecule has 24 heteroatoms. The molecule has 24 nitrogen and oxygen atoms in total. The second-order valence-electron chi connectivity index (χ2n) is 16.1. The first-order chi connectivity index (χ1) is 31.4. The molecule has 0 aliphatic rings. The summed E-state index contributed by atoms with van der Waals surface area (Å²) < 4.78 is 0. The zero-order valence-corrected chi connectivity index (χ0v) is 37.4. The predicted octanol–water partition coefficient (Wildman–Crippen LogP) is -3.84. The SMILES string of the molecule is CC(C)[C@H](NC(=O)[C@H](CO)NC(=O)[C@H](Cc1ccccc1)NC(=O)[C@@H](N)Cc1ccc(O)cc1)C(=O)N[C@@H](CCC(=O)O)C(=O)N[C@@H](C)C(=O)N[C@@H](CCC(N)=O)C(=O)N[C@H](C(=O)O)[C@@H](C)O. The fourth-order valence-corrected chi connectivity index (χ4v) is 6.24. The van der Waals surface area contributed by atoms with Gasteiger partial charge in [-0.3, -0.25) is 43.2 Å². The Balaban J connectivity index is 2.23. The van der Waals surface area contributed by atoms with Gasteiger partial charge in [0.1, 0.15) is 42.0 Å². The lowest BCUT2D eigenvalue weighted by Crippen LogP contribution is -2.61. The molecule has 0 fully saturated rings. The van der Waals surface area contributed by atoms with E-state index in [1.165, 1.54) is 26.0 Å². The minimum atomic E-state index is -1.80. The second-order valence-corrected chi connectivity index (χ2v) is 16.1. The van der Waals surface area contributed by atoms with Crippen LogP contribution in [-0.4, -0.2) is 146 Å². The monoisotopic (exact) mass is 943 g/mol. The molecule has 0 bridgehead atoms. The quantitative estimate of drug-likeness (QED) is 0.0389. The van der Waals surface area contributed by atoms with E-state index in [-0.39, 0.29) is 18.6 Å². The van der Waals surface area contributed by atoms with Crippen LogP contribution < -0.4 is 48.7 Å². The van der Waals surface area contributed by atoms with E-state index in [0.717, 1.165) is 13.8 Å². The molecule has 67 heavy (non-hydrogen) atoms. The Hall–Kier alpha value is -7.18. The van der Waals surface area contributed by atoms with Gasteiger partial charge in [-0.15, -0.1) is 0 Å². The Morgan fingerprint density at radius 1 is 0.552 bits per heavy atom. The smallest absolute Gasteiger partial charge is 0.328 e. The molecule has 0 saturated carbocycles. The van der Waals surface area contributed by atoms with Crippen LogP contribution in [0.25, 0.3) is 0 Å². The van der Waals surface area contributed by atoms with Gasteiger partial charge in [-0.1, -0.05) is 56.3 Å². The number of carbonyl (C=O) groups is 10. The van der Waals surface area contributed by atoms with Crippen LogP contribution >= 0.6 is 0 Å². The Morgan fingerprint density at radius 3 is 1.55 bits per heavy atom. The number of rotatable bonds is 28. The summed E-state index contributed by atoms with van der Waals surface area (Å²) in [6.07, 6.45) is -3.63. The number of aromatic hydroxyl groups is 1. The van der Waals surface area contributed by atoms with Gasteiger partial charge in [-0.25, -0.2) is 4.79 Å². The number of hydrogen-bond donors (Lipinski definition) is 14. The third-order valence-electron chi connectivity index (χ3n) is 10.1. The van der Waals surface area contributed by atoms with Crippen LogP contribution in [-0.2, 0) is 60.8 Å². The van der Waals surface area contributed by atoms with E-state index in [0.29, 0.717) is 11.1 Å². The van der Waals surface area contributed by atoms with Crippen molar-refractivity contribution in [2.75, 3.05) is 6.61 Å². The summed E-state index contributed by atoms with van der Waals surface area (Å²) in [5.74, 6) is -11.5. The fraction of sp³-hybridized carbons (Fsp3) is 0.488. The van der Waals surface area contributed by atoms with E-state index >= 15 is 0 Å². The van der Waals surface area contributed by atoms with Gasteiger partial charge >= 0.3 is 11.9 Å². The third-order valence-corrected chi connectivity index (χ3v) is 10.1. The Labute approximate surface area is 385 Å². The molecule has 9 atom stereocenters. The number of hydrogen-bond acceptors (Lipinski definition) is 14. The van der Waals surface area contributed by atoms with Crippen molar-refractivity contribution in [3.63, 3.8) is 0 Å². The second kappa shape index (κ2) is 27.3. The van der Waals surface area contributed by atoms with Gasteiger partial charge in [-0.05, 0) is 62.3 Å². The van der Waals surface area contributed by atoms with Crippen molar-refractivity contribution in [3.05, 3.63) is 65.7 Å². The molecular formula is C43H61N9O15. The number of carbonyl (C=O) groups excluding carboxylic acids is 8. The highest BCUT2D eigenvalue weighted by Crippen LogP contribution is 2.12. The minimum Gasteiger partial charge on any atom is -0.508 e. The summed E-state index contributed by atoms with van der Waals surface area (Å²) >= 11 is 0. The molecule has 0 aliphatic carbocycles. The number of phenolic OH excluding ortho intramolecular Hbond substituents is 1. The summed E-state index contributed by atoms with van der Waals surface area (Å²) in [7, 11) is 0. The molecule has 2 rings (SSSR count). The number of aliphatic hydroxyl groups is 2. The summed E-state index contributed by atoms with van der Waals surface area (Å²) in [6, 6.07) is 2.35. The van der Waals surface area contributed by atoms with Crippen molar-refractivity contribution in [2.45, 2.75) is 121 Å². The molecule has 8 amide bonds. The van der Waals surface area contributed by atoms with Crippen LogP contribution in [0, 0.1) is 5.92 Å². The number of amides is 8. The molecule has 0 unspecified atom stereocenters. The summed E-state index contributed by atoms with van der Waals surface area (Å²) in [6.45, 7) is 4.28. The molecule has 2 aromatic carbocycles. The maximum atomic E-state index is 13.7. The Kier molecular flexibility index (Phi) is 22.8. The number of phenols is 1. The van der Waals surface area contributed by atoms with Crippen LogP contribution in [0.2, 0.25) is 0 Å². The molecule has 368 valence electrons. The van der Waals surface area contributed by atoms with Gasteiger partial charge in [0.25, 0.3) is 0 Å². The number of aliphatic hydroxyl groups excluding tert-OH is 2. The molecule has 0 saturated heterocycles. The highest BCUT2D eigenvalue weighted by atomic mass is 16.4. The third kappa shape index (κ3) is 19.4. The molecule has 0 spiro atoms. The molecule has 0 aliphatic heterocycles. The van der Waals surface area contributed by atoms with Crippen molar-refractivity contribution in [1.82, 2.24) is 37.2 Å². The average Bonchev–Trinajstić information content (AvgIpc) is 3.26. The predicted molar refractivity (Wildman–Crippen MR) is 236 cm³/mol. The van der Waals surface area contributed by atoms with E-state index in [1.807, 2.05) is 5.32 Å². The van der Waals surface area contributed by atoms with E-state index in [9.17, 15) is 73.5 Å². The van der Waals surface area contributed by atoms with Crippen molar-refractivity contribution < 1.29 is 73.5 Å². The lowest BCUT2D eigenvalue weighted by Gasteiger charge is -2.28. The molecule has 2 aromatic rings. The lowest BCUT2D eigenvalue weighted by molar-refractivity contribution is -0.145. The molecular weight excluding hydrogens is 883 g/mol. The fourth-order valence-electron chi connectivity index (χ4n) is 6.24. The normalized spacial score (nSPS) is 15.0. The van der Waals surface area contributed by atoms with Gasteiger partial charge < -0.3 is 74.2 Å². The number of primary amides is 1. The zero-order valence-electron chi connectivity index (χ0n) is 37.4. The van der Waals surface area contributed by atoms with Crippen molar-refractivity contribution in [1.29, 1.82) is 0 Å². The molecule has 0 heterocycles. The van der Waals surface area contributed by atoms with Crippen molar-refractivity contribution in [2.24, 2.45) is 17.4 Å². The van der Waals surface area contributed by atoms with E-state index in [2.05, 4.69) is 31.9 Å². The minimum absolute atomic E-state index is 0.00891. The first-order valence-corrected chi connectivity index (χ1v) is 21.2. The van der Waals surface area contributed by atoms with Crippen LogP contribution in [0.3, 0.4) is 0 Å². The first kappa shape index (κ1) is 56.0. The van der Waals surface area contributed by atoms with Crippen molar-refractivity contribution in [3.8, 4) is 5.75 Å². The van der Waals surface area contributed by atoms with Crippen LogP contribution in [0.5, 0.6) is 5.75 Å². The maximum absolute atomic E-state index is 13.7. The topological polar surface area (TPSA) is 408 Å². The number of benzene rings is 2. The Bertz CT molecular complexity index is 2050. The summed E-state index contributed by atoms with van der Waals surface area (Å²) in [5, 5.41) is 64.6. The number of nitrogens with one attached hydrogen (secondary N) is 7. The highest BCUT2D eigenvalue weighted by Gasteiger charge is 2.35. The number of aliphatic carboxylic acids is 2. The first-order valence-electron chi connectivity index (χ1n) is 21.2. The maximum Gasteiger partial charge on any atom is 0.328 e. The van der Waals surface area contributed by atoms with Crippen LogP contribution in [0.15, 0.2) is 54.6 Å². The Morgan fingerprint density at radius 2 is 1.03 bits per heavy atom. The average molecular weight is 944 g/mol. The standard InChI is InChI=1S/C43H61N9O15/c1-21(2)34(51-41(64)31(20-53)50-40(63)30(19-24-8-6-5-7-9-24)49-37(60)27(44)18-25-10-12-26(55)13-11-25)42(65)48-29(15-17-33(57)58)38(61)46-22(3)36(59)47-28(14-16-32(45)56)39(62)52-35(23(4)54)43(66)67/h5-13,21-23,27-31,34-35,53-55H,14-20,44H2,1-4H3,(H2,45,56)(H,46,61)(H,47,59)(H,48,65)(H,49,60)(H,50,63)(H,51,64)(H,52,62)(H,57,58)(H,66,67)/t22-,23+,27-,28-,29-,30-,31-,34-,35-/m0/s1. The van der Waals surface area contributed by atoms with E-state index in [4.69, 9.17) is 11.5 Å². The van der Waals surface area contributed by atoms with Gasteiger partial charge in [0, 0.05) is 19.3 Å². The molecule has 0 aromatic heterocycles. The summed E-state index contributed by atoms with van der Waals surface area (Å²) in [5.41, 5.74) is 12.6. The van der Waals surface area contributed by atoms with Gasteiger partial charge in [-0.2, -0.15) is 0 Å². The van der Waals surface area contributed by atoms with E-state index < -0.39 is 152 Å². The van der Waals surface area contributed by atoms with Gasteiger partial charge in [0.2, 0.25) is 47.3 Å². The van der Waals surface area contributed by atoms with Gasteiger partial charge in [0.05, 0.1) is 18.8 Å².